The molecule has 2 rings (SSSR count). The number of hydrogen-bond donors (Lipinski definition) is 2. The summed E-state index contributed by atoms with van der Waals surface area (Å²) in [6.07, 6.45) is 3.45. The molecule has 1 fully saturated rings. The second-order valence-corrected chi connectivity index (χ2v) is 5.33. The van der Waals surface area contributed by atoms with Crippen molar-refractivity contribution in [3.63, 3.8) is 0 Å². The number of ether oxygens (including phenoxy) is 1. The first-order valence-corrected chi connectivity index (χ1v) is 6.95. The van der Waals surface area contributed by atoms with Crippen LogP contribution in [0.3, 0.4) is 0 Å². The van der Waals surface area contributed by atoms with Crippen LogP contribution in [0, 0.1) is 0 Å². The number of rotatable bonds is 4. The Hall–Kier alpha value is -1.26. The van der Waals surface area contributed by atoms with Gasteiger partial charge < -0.3 is 15.8 Å². The third-order valence-electron chi connectivity index (χ3n) is 3.44. The van der Waals surface area contributed by atoms with Crippen LogP contribution in [0.2, 0.25) is 5.02 Å². The number of hydrogen-bond acceptors (Lipinski definition) is 3. The van der Waals surface area contributed by atoms with Gasteiger partial charge in [-0.2, -0.15) is 0 Å². The predicted molar refractivity (Wildman–Crippen MR) is 76.6 cm³/mol. The monoisotopic (exact) mass is 282 g/mol. The summed E-state index contributed by atoms with van der Waals surface area (Å²) >= 11 is 5.96. The summed E-state index contributed by atoms with van der Waals surface area (Å²) in [5, 5.41) is 3.40. The molecule has 3 N–H and O–H groups in total. The van der Waals surface area contributed by atoms with E-state index >= 15 is 0 Å². The van der Waals surface area contributed by atoms with Crippen LogP contribution in [-0.4, -0.2) is 18.1 Å². The minimum Gasteiger partial charge on any atom is -0.492 e. The second-order valence-electron chi connectivity index (χ2n) is 4.89. The van der Waals surface area contributed by atoms with Gasteiger partial charge in [-0.3, -0.25) is 4.79 Å². The molecule has 1 aliphatic carbocycles. The first-order valence-electron chi connectivity index (χ1n) is 6.58. The van der Waals surface area contributed by atoms with Crippen molar-refractivity contribution >= 4 is 23.2 Å². The molecule has 0 aliphatic heterocycles. The smallest absolute Gasteiger partial charge is 0.244 e. The van der Waals surface area contributed by atoms with Gasteiger partial charge in [0.25, 0.3) is 0 Å². The number of anilines is 1. The number of benzene rings is 1. The molecule has 1 aromatic carbocycles. The summed E-state index contributed by atoms with van der Waals surface area (Å²) in [5.74, 6) is 0.454. The lowest BCUT2D eigenvalue weighted by Gasteiger charge is -2.23. The van der Waals surface area contributed by atoms with E-state index < -0.39 is 5.54 Å². The van der Waals surface area contributed by atoms with Crippen LogP contribution in [0.4, 0.5) is 5.69 Å². The zero-order valence-electron chi connectivity index (χ0n) is 11.0. The highest BCUT2D eigenvalue weighted by Crippen LogP contribution is 2.32. The third-order valence-corrected chi connectivity index (χ3v) is 3.67. The van der Waals surface area contributed by atoms with Crippen LogP contribution in [-0.2, 0) is 4.79 Å². The van der Waals surface area contributed by atoms with E-state index in [-0.39, 0.29) is 5.91 Å². The summed E-state index contributed by atoms with van der Waals surface area (Å²) in [4.78, 5) is 12.3. The van der Waals surface area contributed by atoms with Gasteiger partial charge in [0.15, 0.2) is 0 Å². The second kappa shape index (κ2) is 5.80. The minimum absolute atomic E-state index is 0.159. The van der Waals surface area contributed by atoms with Gasteiger partial charge in [0.2, 0.25) is 5.91 Å². The lowest BCUT2D eigenvalue weighted by Crippen LogP contribution is -2.48. The van der Waals surface area contributed by atoms with Crippen LogP contribution in [0.5, 0.6) is 5.75 Å². The first kappa shape index (κ1) is 14.2. The topological polar surface area (TPSA) is 64.3 Å². The Bertz CT molecular complexity index is 471. The van der Waals surface area contributed by atoms with Crippen molar-refractivity contribution in [3.8, 4) is 5.75 Å². The van der Waals surface area contributed by atoms with Crippen molar-refractivity contribution in [3.05, 3.63) is 23.2 Å². The summed E-state index contributed by atoms with van der Waals surface area (Å²) in [7, 11) is 0. The first-order chi connectivity index (χ1) is 9.05. The summed E-state index contributed by atoms with van der Waals surface area (Å²) in [6, 6.07) is 5.16. The van der Waals surface area contributed by atoms with E-state index in [0.717, 1.165) is 25.7 Å². The highest BCUT2D eigenvalue weighted by atomic mass is 35.5. The average Bonchev–Trinajstić information content (AvgIpc) is 2.81. The molecule has 0 heterocycles. The molecule has 1 aliphatic rings. The molecular weight excluding hydrogens is 264 g/mol. The predicted octanol–water partition coefficient (Wildman–Crippen LogP) is 2.95. The molecule has 1 saturated carbocycles. The SMILES string of the molecule is CCOc1ccc(Cl)cc1NC(=O)C1(N)CCCC1. The van der Waals surface area contributed by atoms with Crippen molar-refractivity contribution in [2.24, 2.45) is 5.73 Å². The molecule has 0 saturated heterocycles. The molecule has 0 atom stereocenters. The van der Waals surface area contributed by atoms with Gasteiger partial charge in [0.05, 0.1) is 17.8 Å². The number of halogens is 1. The van der Waals surface area contributed by atoms with E-state index in [2.05, 4.69) is 5.32 Å². The van der Waals surface area contributed by atoms with Gasteiger partial charge in [-0.05, 0) is 38.0 Å². The van der Waals surface area contributed by atoms with Gasteiger partial charge in [-0.25, -0.2) is 0 Å². The number of carbonyl (C=O) groups excluding carboxylic acids is 1. The highest BCUT2D eigenvalue weighted by Gasteiger charge is 2.37. The van der Waals surface area contributed by atoms with Crippen molar-refractivity contribution < 1.29 is 9.53 Å². The van der Waals surface area contributed by atoms with Crippen LogP contribution in [0.15, 0.2) is 18.2 Å². The van der Waals surface area contributed by atoms with Crippen molar-refractivity contribution in [1.82, 2.24) is 0 Å². The van der Waals surface area contributed by atoms with Crippen LogP contribution < -0.4 is 15.8 Å². The number of nitrogens with two attached hydrogens (primary N) is 1. The largest absolute Gasteiger partial charge is 0.492 e. The Labute approximate surface area is 118 Å². The third kappa shape index (κ3) is 3.19. The fraction of sp³-hybridized carbons (Fsp3) is 0.500. The lowest BCUT2D eigenvalue weighted by molar-refractivity contribution is -0.121. The molecule has 4 nitrogen and oxygen atoms in total. The quantitative estimate of drug-likeness (QED) is 0.892. The van der Waals surface area contributed by atoms with Crippen LogP contribution in [0.1, 0.15) is 32.6 Å². The van der Waals surface area contributed by atoms with E-state index in [1.54, 1.807) is 18.2 Å². The Morgan fingerprint density at radius 3 is 2.79 bits per heavy atom. The zero-order valence-corrected chi connectivity index (χ0v) is 11.8. The molecule has 0 aromatic heterocycles. The maximum absolute atomic E-state index is 12.3. The standard InChI is InChI=1S/C14H19ClN2O2/c1-2-19-12-6-5-10(15)9-11(12)17-13(18)14(16)7-3-4-8-14/h5-6,9H,2-4,7-8,16H2,1H3,(H,17,18). The molecule has 1 aromatic rings. The van der Waals surface area contributed by atoms with Gasteiger partial charge >= 0.3 is 0 Å². The fourth-order valence-electron chi connectivity index (χ4n) is 2.36. The van der Waals surface area contributed by atoms with Crippen LogP contribution in [0.25, 0.3) is 0 Å². The average molecular weight is 283 g/mol. The molecule has 0 bridgehead atoms. The molecule has 0 unspecified atom stereocenters. The number of nitrogens with one attached hydrogen (secondary N) is 1. The maximum atomic E-state index is 12.3. The Balaban J connectivity index is 2.17. The minimum atomic E-state index is -0.758. The van der Waals surface area contributed by atoms with E-state index in [4.69, 9.17) is 22.1 Å². The van der Waals surface area contributed by atoms with Crippen LogP contribution >= 0.6 is 11.6 Å². The molecule has 5 heteroatoms. The van der Waals surface area contributed by atoms with E-state index in [1.807, 2.05) is 6.92 Å². The Morgan fingerprint density at radius 2 is 2.16 bits per heavy atom. The molecule has 0 radical (unpaired) electrons. The molecular formula is C14H19ClN2O2. The maximum Gasteiger partial charge on any atom is 0.244 e. The Kier molecular flexibility index (Phi) is 4.32. The van der Waals surface area contributed by atoms with Crippen molar-refractivity contribution in [1.29, 1.82) is 0 Å². The molecule has 19 heavy (non-hydrogen) atoms. The van der Waals surface area contributed by atoms with E-state index in [9.17, 15) is 4.79 Å². The lowest BCUT2D eigenvalue weighted by atomic mass is 9.98. The molecule has 0 spiro atoms. The van der Waals surface area contributed by atoms with Gasteiger partial charge in [-0.15, -0.1) is 0 Å². The van der Waals surface area contributed by atoms with Gasteiger partial charge in [0.1, 0.15) is 5.75 Å². The molecule has 1 amide bonds. The van der Waals surface area contributed by atoms with Gasteiger partial charge in [-0.1, -0.05) is 24.4 Å². The zero-order chi connectivity index (χ0) is 13.9. The van der Waals surface area contributed by atoms with E-state index in [1.165, 1.54) is 0 Å². The Morgan fingerprint density at radius 1 is 1.47 bits per heavy atom. The number of carbonyl (C=O) groups is 1. The summed E-state index contributed by atoms with van der Waals surface area (Å²) in [5.41, 5.74) is 5.95. The summed E-state index contributed by atoms with van der Waals surface area (Å²) < 4.78 is 5.47. The number of amides is 1. The molecule has 104 valence electrons. The normalized spacial score (nSPS) is 17.2. The van der Waals surface area contributed by atoms with Crippen molar-refractivity contribution in [2.75, 3.05) is 11.9 Å². The summed E-state index contributed by atoms with van der Waals surface area (Å²) in [6.45, 7) is 2.42. The highest BCUT2D eigenvalue weighted by molar-refractivity contribution is 6.31. The van der Waals surface area contributed by atoms with E-state index in [0.29, 0.717) is 23.1 Å². The van der Waals surface area contributed by atoms with Crippen molar-refractivity contribution in [2.45, 2.75) is 38.1 Å². The van der Waals surface area contributed by atoms with Gasteiger partial charge in [0, 0.05) is 5.02 Å². The fourth-order valence-corrected chi connectivity index (χ4v) is 2.53.